The number of halogens is 1. The van der Waals surface area contributed by atoms with Crippen molar-refractivity contribution in [3.8, 4) is 5.88 Å². The van der Waals surface area contributed by atoms with Crippen LogP contribution in [0.5, 0.6) is 5.88 Å². The van der Waals surface area contributed by atoms with E-state index in [1.54, 1.807) is 18.3 Å². The molecule has 0 aliphatic carbocycles. The highest BCUT2D eigenvalue weighted by atomic mass is 35.5. The van der Waals surface area contributed by atoms with Crippen molar-refractivity contribution in [1.29, 1.82) is 5.41 Å². The quantitative estimate of drug-likeness (QED) is 0.592. The Morgan fingerprint density at radius 2 is 2.25 bits per heavy atom. The van der Waals surface area contributed by atoms with Gasteiger partial charge in [-0.05, 0) is 26.2 Å². The summed E-state index contributed by atoms with van der Waals surface area (Å²) >= 11 is 0. The van der Waals surface area contributed by atoms with Gasteiger partial charge in [0, 0.05) is 12.7 Å². The van der Waals surface area contributed by atoms with Crippen LogP contribution in [0, 0.1) is 5.41 Å². The average molecular weight is 245 g/mol. The maximum atomic E-state index is 7.34. The lowest BCUT2D eigenvalue weighted by Gasteiger charge is -2.12. The molecule has 0 aliphatic heterocycles. The van der Waals surface area contributed by atoms with Gasteiger partial charge in [0.1, 0.15) is 12.4 Å². The van der Waals surface area contributed by atoms with E-state index in [2.05, 4.69) is 4.98 Å². The van der Waals surface area contributed by atoms with Crippen LogP contribution in [0.2, 0.25) is 0 Å². The molecule has 3 N–H and O–H groups in total. The minimum absolute atomic E-state index is 0. The number of hydrogen-bond donors (Lipinski definition) is 2. The van der Waals surface area contributed by atoms with Crippen molar-refractivity contribution < 1.29 is 4.74 Å². The first-order valence-corrected chi connectivity index (χ1v) is 4.68. The number of rotatable bonds is 5. The fraction of sp³-hybridized carbons (Fsp3) is 0.400. The van der Waals surface area contributed by atoms with Crippen molar-refractivity contribution in [2.45, 2.75) is 0 Å². The van der Waals surface area contributed by atoms with Gasteiger partial charge in [-0.1, -0.05) is 0 Å². The predicted octanol–water partition coefficient (Wildman–Crippen LogP) is 0.728. The standard InChI is InChI=1S/C10H16N4O.ClH/c1-14(2)6-7-15-10-8(9(11)12)4-3-5-13-10;/h3-5H,6-7H2,1-2H3,(H3,11,12);1H. The SMILES string of the molecule is CN(C)CCOc1ncccc1C(=N)N.Cl. The van der Waals surface area contributed by atoms with Crippen molar-refractivity contribution in [3.63, 3.8) is 0 Å². The molecular formula is C10H17ClN4O. The van der Waals surface area contributed by atoms with Crippen LogP contribution in [0.4, 0.5) is 0 Å². The van der Waals surface area contributed by atoms with Crippen LogP contribution < -0.4 is 10.5 Å². The average Bonchev–Trinajstić information content (AvgIpc) is 2.17. The number of nitrogens with one attached hydrogen (secondary N) is 1. The van der Waals surface area contributed by atoms with Gasteiger partial charge in [-0.25, -0.2) is 4.98 Å². The summed E-state index contributed by atoms with van der Waals surface area (Å²) in [6.45, 7) is 1.33. The molecule has 0 unspecified atom stereocenters. The normalized spacial score (nSPS) is 9.69. The number of ether oxygens (including phenoxy) is 1. The van der Waals surface area contributed by atoms with Crippen molar-refractivity contribution >= 4 is 18.2 Å². The molecular weight excluding hydrogens is 228 g/mol. The van der Waals surface area contributed by atoms with E-state index in [9.17, 15) is 0 Å². The van der Waals surface area contributed by atoms with Gasteiger partial charge in [0.05, 0.1) is 5.56 Å². The Balaban J connectivity index is 0.00000225. The third kappa shape index (κ3) is 4.46. The maximum absolute atomic E-state index is 7.34. The summed E-state index contributed by atoms with van der Waals surface area (Å²) in [4.78, 5) is 6.05. The summed E-state index contributed by atoms with van der Waals surface area (Å²) in [5.41, 5.74) is 5.94. The van der Waals surface area contributed by atoms with E-state index in [0.717, 1.165) is 6.54 Å². The van der Waals surface area contributed by atoms with Gasteiger partial charge >= 0.3 is 0 Å². The third-order valence-electron chi connectivity index (χ3n) is 1.84. The van der Waals surface area contributed by atoms with Gasteiger partial charge in [-0.2, -0.15) is 0 Å². The summed E-state index contributed by atoms with van der Waals surface area (Å²) < 4.78 is 5.44. The lowest BCUT2D eigenvalue weighted by Crippen LogP contribution is -2.21. The first kappa shape index (κ1) is 14.7. The molecule has 6 heteroatoms. The Hall–Kier alpha value is -1.33. The first-order chi connectivity index (χ1) is 7.11. The van der Waals surface area contributed by atoms with Crippen molar-refractivity contribution in [1.82, 2.24) is 9.88 Å². The molecule has 0 radical (unpaired) electrons. The minimum Gasteiger partial charge on any atom is -0.476 e. The summed E-state index contributed by atoms with van der Waals surface area (Å²) in [6.07, 6.45) is 1.62. The van der Waals surface area contributed by atoms with Gasteiger partial charge in [-0.15, -0.1) is 12.4 Å². The Kier molecular flexibility index (Phi) is 6.44. The van der Waals surface area contributed by atoms with Crippen LogP contribution in [0.3, 0.4) is 0 Å². The van der Waals surface area contributed by atoms with Crippen molar-refractivity contribution in [2.75, 3.05) is 27.2 Å². The number of likely N-dealkylation sites (N-methyl/N-ethyl adjacent to an activating group) is 1. The van der Waals surface area contributed by atoms with Gasteiger partial charge in [0.25, 0.3) is 0 Å². The van der Waals surface area contributed by atoms with Crippen LogP contribution in [-0.4, -0.2) is 43.0 Å². The maximum Gasteiger partial charge on any atom is 0.224 e. The largest absolute Gasteiger partial charge is 0.476 e. The highest BCUT2D eigenvalue weighted by molar-refractivity contribution is 5.96. The molecule has 16 heavy (non-hydrogen) atoms. The van der Waals surface area contributed by atoms with Crippen LogP contribution in [-0.2, 0) is 0 Å². The van der Waals surface area contributed by atoms with E-state index in [1.165, 1.54) is 0 Å². The molecule has 1 rings (SSSR count). The van der Waals surface area contributed by atoms with E-state index in [-0.39, 0.29) is 18.2 Å². The second-order valence-corrected chi connectivity index (χ2v) is 3.42. The molecule has 0 saturated heterocycles. The third-order valence-corrected chi connectivity index (χ3v) is 1.84. The highest BCUT2D eigenvalue weighted by Crippen LogP contribution is 2.12. The lowest BCUT2D eigenvalue weighted by molar-refractivity contribution is 0.253. The van der Waals surface area contributed by atoms with E-state index in [4.69, 9.17) is 15.9 Å². The molecule has 0 bridgehead atoms. The number of nitrogens with two attached hydrogens (primary N) is 1. The number of pyridine rings is 1. The Bertz CT molecular complexity index is 343. The molecule has 1 aromatic rings. The fourth-order valence-corrected chi connectivity index (χ4v) is 1.04. The number of nitrogens with zero attached hydrogens (tertiary/aromatic N) is 2. The lowest BCUT2D eigenvalue weighted by atomic mass is 10.2. The zero-order valence-electron chi connectivity index (χ0n) is 9.43. The fourth-order valence-electron chi connectivity index (χ4n) is 1.04. The molecule has 0 fully saturated rings. The Morgan fingerprint density at radius 1 is 1.56 bits per heavy atom. The second-order valence-electron chi connectivity index (χ2n) is 3.42. The smallest absolute Gasteiger partial charge is 0.224 e. The van der Waals surface area contributed by atoms with E-state index in [1.807, 2.05) is 19.0 Å². The van der Waals surface area contributed by atoms with Crippen molar-refractivity contribution in [2.24, 2.45) is 5.73 Å². The van der Waals surface area contributed by atoms with Gasteiger partial charge in [0.15, 0.2) is 0 Å². The Morgan fingerprint density at radius 3 is 2.81 bits per heavy atom. The number of nitrogen functional groups attached to an aromatic ring is 1. The van der Waals surface area contributed by atoms with Gasteiger partial charge in [0.2, 0.25) is 5.88 Å². The van der Waals surface area contributed by atoms with Crippen LogP contribution in [0.25, 0.3) is 0 Å². The van der Waals surface area contributed by atoms with Gasteiger partial charge in [-0.3, -0.25) is 5.41 Å². The first-order valence-electron chi connectivity index (χ1n) is 4.68. The van der Waals surface area contributed by atoms with Crippen LogP contribution in [0.1, 0.15) is 5.56 Å². The number of amidine groups is 1. The second kappa shape index (κ2) is 7.03. The molecule has 5 nitrogen and oxygen atoms in total. The van der Waals surface area contributed by atoms with Crippen LogP contribution in [0.15, 0.2) is 18.3 Å². The van der Waals surface area contributed by atoms with Gasteiger partial charge < -0.3 is 15.4 Å². The predicted molar refractivity (Wildman–Crippen MR) is 66.6 cm³/mol. The molecule has 0 aliphatic rings. The topological polar surface area (TPSA) is 75.2 Å². The van der Waals surface area contributed by atoms with E-state index >= 15 is 0 Å². The summed E-state index contributed by atoms with van der Waals surface area (Å²) in [5.74, 6) is 0.398. The zero-order valence-corrected chi connectivity index (χ0v) is 10.3. The van der Waals surface area contributed by atoms with E-state index < -0.39 is 0 Å². The number of aromatic nitrogens is 1. The highest BCUT2D eigenvalue weighted by Gasteiger charge is 2.06. The molecule has 0 atom stereocenters. The summed E-state index contributed by atoms with van der Waals surface area (Å²) in [7, 11) is 3.93. The molecule has 1 heterocycles. The monoisotopic (exact) mass is 244 g/mol. The Labute approximate surface area is 102 Å². The molecule has 90 valence electrons. The molecule has 0 saturated carbocycles. The number of hydrogen-bond acceptors (Lipinski definition) is 4. The van der Waals surface area contributed by atoms with Crippen LogP contribution >= 0.6 is 12.4 Å². The molecule has 1 aromatic heterocycles. The zero-order chi connectivity index (χ0) is 11.3. The van der Waals surface area contributed by atoms with E-state index in [0.29, 0.717) is 18.1 Å². The van der Waals surface area contributed by atoms with Crippen molar-refractivity contribution in [3.05, 3.63) is 23.9 Å². The molecule has 0 spiro atoms. The minimum atomic E-state index is -0.0250. The molecule has 0 aromatic carbocycles. The summed E-state index contributed by atoms with van der Waals surface area (Å²) in [5, 5.41) is 7.34. The molecule has 0 amide bonds. The summed E-state index contributed by atoms with van der Waals surface area (Å²) in [6, 6.07) is 3.45.